The van der Waals surface area contributed by atoms with E-state index in [4.69, 9.17) is 14.4 Å². The van der Waals surface area contributed by atoms with Crippen molar-refractivity contribution >= 4 is 54.5 Å². The Labute approximate surface area is 241 Å². The highest BCUT2D eigenvalue weighted by Crippen LogP contribution is 2.40. The summed E-state index contributed by atoms with van der Waals surface area (Å²) in [6.45, 7) is 0. The van der Waals surface area contributed by atoms with Gasteiger partial charge in [-0.15, -0.1) is 0 Å². The van der Waals surface area contributed by atoms with E-state index in [-0.39, 0.29) is 0 Å². The van der Waals surface area contributed by atoms with Crippen molar-refractivity contribution in [2.24, 2.45) is 0 Å². The summed E-state index contributed by atoms with van der Waals surface area (Å²) in [6, 6.07) is 48.3. The van der Waals surface area contributed by atoms with Crippen molar-refractivity contribution in [3.63, 3.8) is 0 Å². The lowest BCUT2D eigenvalue weighted by Gasteiger charge is -2.12. The van der Waals surface area contributed by atoms with Crippen LogP contribution in [0.3, 0.4) is 0 Å². The largest absolute Gasteiger partial charge is 0.456 e. The Morgan fingerprint density at radius 3 is 2.02 bits per heavy atom. The molecule has 0 N–H and O–H groups in total. The summed E-state index contributed by atoms with van der Waals surface area (Å²) in [6.07, 6.45) is 0. The first-order valence-electron chi connectivity index (χ1n) is 14.1. The third kappa shape index (κ3) is 3.42. The van der Waals surface area contributed by atoms with Gasteiger partial charge in [-0.2, -0.15) is 0 Å². The van der Waals surface area contributed by atoms with E-state index in [1.165, 1.54) is 16.2 Å². The molecule has 0 bridgehead atoms. The maximum atomic E-state index is 6.22. The molecule has 3 aromatic heterocycles. The number of benzene rings is 6. The van der Waals surface area contributed by atoms with Gasteiger partial charge in [-0.05, 0) is 41.1 Å². The first-order chi connectivity index (χ1) is 20.8. The normalized spacial score (nSPS) is 11.8. The molecule has 0 spiro atoms. The molecule has 196 valence electrons. The molecule has 0 radical (unpaired) electrons. The standard InChI is InChI=1S/C38H23N3O/c1-3-11-24(12-4-1)31-23-36(40-38(39-31)25-13-5-2-6-14-25)41-32-17-9-7-15-27(32)30-22-29-26(21-33(30)41)19-20-35-37(29)28-16-8-10-18-34(28)42-35/h1-23H. The Balaban J connectivity index is 1.39. The molecule has 0 atom stereocenters. The van der Waals surface area contributed by atoms with Gasteiger partial charge < -0.3 is 4.42 Å². The molecule has 3 heterocycles. The Kier molecular flexibility index (Phi) is 4.87. The average Bonchev–Trinajstić information content (AvgIpc) is 3.60. The van der Waals surface area contributed by atoms with Crippen LogP contribution in [0.2, 0.25) is 0 Å². The predicted octanol–water partition coefficient (Wildman–Crippen LogP) is 9.96. The summed E-state index contributed by atoms with van der Waals surface area (Å²) in [7, 11) is 0. The third-order valence-corrected chi connectivity index (χ3v) is 8.19. The highest BCUT2D eigenvalue weighted by Gasteiger charge is 2.18. The number of hydrogen-bond donors (Lipinski definition) is 0. The van der Waals surface area contributed by atoms with Crippen LogP contribution in [0, 0.1) is 0 Å². The summed E-state index contributed by atoms with van der Waals surface area (Å²) in [5.41, 5.74) is 6.95. The van der Waals surface area contributed by atoms with Gasteiger partial charge >= 0.3 is 0 Å². The van der Waals surface area contributed by atoms with E-state index in [9.17, 15) is 0 Å². The van der Waals surface area contributed by atoms with Crippen molar-refractivity contribution in [1.82, 2.24) is 14.5 Å². The van der Waals surface area contributed by atoms with Crippen LogP contribution >= 0.6 is 0 Å². The van der Waals surface area contributed by atoms with E-state index < -0.39 is 0 Å². The minimum atomic E-state index is 0.699. The van der Waals surface area contributed by atoms with Crippen molar-refractivity contribution in [3.05, 3.63) is 140 Å². The average molecular weight is 538 g/mol. The molecule has 0 fully saturated rings. The molecule has 0 aliphatic heterocycles. The lowest BCUT2D eigenvalue weighted by Crippen LogP contribution is -2.02. The zero-order valence-electron chi connectivity index (χ0n) is 22.5. The fourth-order valence-corrected chi connectivity index (χ4v) is 6.28. The number of hydrogen-bond acceptors (Lipinski definition) is 3. The molecule has 0 aliphatic rings. The molecule has 6 aromatic carbocycles. The van der Waals surface area contributed by atoms with E-state index in [1.54, 1.807) is 0 Å². The summed E-state index contributed by atoms with van der Waals surface area (Å²) in [4.78, 5) is 10.2. The number of aromatic nitrogens is 3. The molecule has 42 heavy (non-hydrogen) atoms. The first kappa shape index (κ1) is 23.0. The minimum absolute atomic E-state index is 0.699. The number of furan rings is 1. The second kappa shape index (κ2) is 8.88. The van der Waals surface area contributed by atoms with Crippen LogP contribution in [0.4, 0.5) is 0 Å². The highest BCUT2D eigenvalue weighted by molar-refractivity contribution is 6.23. The third-order valence-electron chi connectivity index (χ3n) is 8.19. The molecule has 9 rings (SSSR count). The molecule has 9 aromatic rings. The van der Waals surface area contributed by atoms with Gasteiger partial charge in [0.05, 0.1) is 16.7 Å². The Bertz CT molecular complexity index is 2400. The Morgan fingerprint density at radius 1 is 0.476 bits per heavy atom. The van der Waals surface area contributed by atoms with Crippen molar-refractivity contribution in [2.45, 2.75) is 0 Å². The van der Waals surface area contributed by atoms with Gasteiger partial charge in [0.1, 0.15) is 17.0 Å². The zero-order chi connectivity index (χ0) is 27.6. The van der Waals surface area contributed by atoms with Crippen molar-refractivity contribution in [3.8, 4) is 28.5 Å². The van der Waals surface area contributed by atoms with E-state index in [2.05, 4.69) is 95.6 Å². The Hall–Kier alpha value is -5.74. The molecule has 0 unspecified atom stereocenters. The first-order valence-corrected chi connectivity index (χ1v) is 14.1. The van der Waals surface area contributed by atoms with Gasteiger partial charge in [0.2, 0.25) is 0 Å². The van der Waals surface area contributed by atoms with Gasteiger partial charge in [-0.1, -0.05) is 103 Å². The van der Waals surface area contributed by atoms with Crippen LogP contribution in [-0.4, -0.2) is 14.5 Å². The fraction of sp³-hybridized carbons (Fsp3) is 0. The fourth-order valence-electron chi connectivity index (χ4n) is 6.28. The van der Waals surface area contributed by atoms with E-state index >= 15 is 0 Å². The molecule has 0 saturated carbocycles. The van der Waals surface area contributed by atoms with Crippen LogP contribution < -0.4 is 0 Å². The van der Waals surface area contributed by atoms with Crippen molar-refractivity contribution < 1.29 is 4.42 Å². The predicted molar refractivity (Wildman–Crippen MR) is 172 cm³/mol. The molecule has 0 saturated heterocycles. The maximum Gasteiger partial charge on any atom is 0.162 e. The SMILES string of the molecule is c1ccc(-c2cc(-n3c4ccccc4c4cc5c(ccc6oc7ccccc7c65)cc43)nc(-c3ccccc3)n2)cc1. The summed E-state index contributed by atoms with van der Waals surface area (Å²) in [5, 5.41) is 6.99. The summed E-state index contributed by atoms with van der Waals surface area (Å²) >= 11 is 0. The molecular weight excluding hydrogens is 514 g/mol. The van der Waals surface area contributed by atoms with Crippen molar-refractivity contribution in [2.75, 3.05) is 0 Å². The second-order valence-corrected chi connectivity index (χ2v) is 10.6. The summed E-state index contributed by atoms with van der Waals surface area (Å²) < 4.78 is 8.50. The van der Waals surface area contributed by atoms with Crippen LogP contribution in [0.1, 0.15) is 0 Å². The maximum absolute atomic E-state index is 6.22. The molecule has 0 aliphatic carbocycles. The molecule has 4 heteroatoms. The van der Waals surface area contributed by atoms with E-state index in [0.717, 1.165) is 61.0 Å². The highest BCUT2D eigenvalue weighted by atomic mass is 16.3. The lowest BCUT2D eigenvalue weighted by atomic mass is 10.0. The monoisotopic (exact) mass is 537 g/mol. The number of nitrogens with zero attached hydrogens (tertiary/aromatic N) is 3. The van der Waals surface area contributed by atoms with Gasteiger partial charge in [0, 0.05) is 38.7 Å². The Morgan fingerprint density at radius 2 is 1.19 bits per heavy atom. The van der Waals surface area contributed by atoms with E-state index in [0.29, 0.717) is 5.82 Å². The lowest BCUT2D eigenvalue weighted by molar-refractivity contribution is 0.669. The smallest absolute Gasteiger partial charge is 0.162 e. The molecule has 0 amide bonds. The van der Waals surface area contributed by atoms with Crippen molar-refractivity contribution in [1.29, 1.82) is 0 Å². The van der Waals surface area contributed by atoms with Gasteiger partial charge in [0.25, 0.3) is 0 Å². The van der Waals surface area contributed by atoms with Crippen LogP contribution in [0.25, 0.3) is 83.0 Å². The van der Waals surface area contributed by atoms with E-state index in [1.807, 2.05) is 48.5 Å². The van der Waals surface area contributed by atoms with Crippen LogP contribution in [-0.2, 0) is 0 Å². The summed E-state index contributed by atoms with van der Waals surface area (Å²) in [5.74, 6) is 1.54. The van der Waals surface area contributed by atoms with Crippen LogP contribution in [0.5, 0.6) is 0 Å². The zero-order valence-corrected chi connectivity index (χ0v) is 22.5. The van der Waals surface area contributed by atoms with Gasteiger partial charge in [-0.25, -0.2) is 9.97 Å². The quantitative estimate of drug-likeness (QED) is 0.225. The number of para-hydroxylation sites is 2. The molecule has 4 nitrogen and oxygen atoms in total. The minimum Gasteiger partial charge on any atom is -0.456 e. The molecular formula is C38H23N3O. The second-order valence-electron chi connectivity index (χ2n) is 10.6. The topological polar surface area (TPSA) is 43.9 Å². The number of fused-ring (bicyclic) bond motifs is 8. The van der Waals surface area contributed by atoms with Gasteiger partial charge in [-0.3, -0.25) is 4.57 Å². The number of rotatable bonds is 3. The van der Waals surface area contributed by atoms with Gasteiger partial charge in [0.15, 0.2) is 5.82 Å². The van der Waals surface area contributed by atoms with Crippen LogP contribution in [0.15, 0.2) is 144 Å².